The number of carboxylic acids is 1. The summed E-state index contributed by atoms with van der Waals surface area (Å²) in [6.07, 6.45) is 0.613. The van der Waals surface area contributed by atoms with Gasteiger partial charge in [0.25, 0.3) is 0 Å². The second-order valence-corrected chi connectivity index (χ2v) is 4.70. The second-order valence-electron chi connectivity index (χ2n) is 4.70. The molecule has 20 heavy (non-hydrogen) atoms. The zero-order valence-corrected chi connectivity index (χ0v) is 12.3. The molecule has 1 aromatic rings. The Kier molecular flexibility index (Phi) is 5.55. The molecule has 1 amide bonds. The van der Waals surface area contributed by atoms with Crippen LogP contribution < -0.4 is 4.74 Å². The summed E-state index contributed by atoms with van der Waals surface area (Å²) >= 11 is 0. The monoisotopic (exact) mass is 279 g/mol. The third-order valence-electron chi connectivity index (χ3n) is 3.51. The number of rotatable bonds is 6. The van der Waals surface area contributed by atoms with Crippen molar-refractivity contribution in [3.8, 4) is 5.75 Å². The van der Waals surface area contributed by atoms with Crippen molar-refractivity contribution in [2.45, 2.75) is 32.2 Å². The summed E-state index contributed by atoms with van der Waals surface area (Å²) in [5.74, 6) is -0.811. The molecule has 0 aliphatic rings. The minimum Gasteiger partial charge on any atom is -0.497 e. The summed E-state index contributed by atoms with van der Waals surface area (Å²) in [5, 5.41) is 8.98. The number of benzene rings is 1. The largest absolute Gasteiger partial charge is 0.497 e. The number of hydrogen-bond acceptors (Lipinski definition) is 3. The van der Waals surface area contributed by atoms with Crippen LogP contribution in [0.15, 0.2) is 24.3 Å². The summed E-state index contributed by atoms with van der Waals surface area (Å²) in [7, 11) is 3.10. The molecule has 0 aromatic heterocycles. The highest BCUT2D eigenvalue weighted by atomic mass is 16.5. The molecule has 2 unspecified atom stereocenters. The Morgan fingerprint density at radius 3 is 2.25 bits per heavy atom. The first-order valence-corrected chi connectivity index (χ1v) is 6.55. The highest BCUT2D eigenvalue weighted by Crippen LogP contribution is 2.24. The van der Waals surface area contributed by atoms with Gasteiger partial charge in [0, 0.05) is 7.05 Å². The van der Waals surface area contributed by atoms with Gasteiger partial charge in [-0.3, -0.25) is 4.79 Å². The first-order valence-electron chi connectivity index (χ1n) is 6.55. The predicted molar refractivity (Wildman–Crippen MR) is 75.9 cm³/mol. The van der Waals surface area contributed by atoms with E-state index in [1.54, 1.807) is 19.2 Å². The van der Waals surface area contributed by atoms with E-state index in [-0.39, 0.29) is 11.8 Å². The number of likely N-dealkylation sites (N-methyl/N-ethyl adjacent to an activating group) is 1. The van der Waals surface area contributed by atoms with E-state index in [1.165, 1.54) is 18.9 Å². The summed E-state index contributed by atoms with van der Waals surface area (Å²) in [5.41, 5.74) is 0.864. The van der Waals surface area contributed by atoms with Crippen molar-refractivity contribution in [1.82, 2.24) is 4.90 Å². The van der Waals surface area contributed by atoms with E-state index in [1.807, 2.05) is 19.1 Å². The van der Waals surface area contributed by atoms with Crippen molar-refractivity contribution >= 4 is 11.9 Å². The smallest absolute Gasteiger partial charge is 0.326 e. The predicted octanol–water partition coefficient (Wildman–Crippen LogP) is 2.12. The quantitative estimate of drug-likeness (QED) is 0.866. The molecule has 0 saturated carbocycles. The van der Waals surface area contributed by atoms with Crippen LogP contribution in [-0.4, -0.2) is 42.1 Å². The molecule has 0 fully saturated rings. The maximum atomic E-state index is 12.4. The normalized spacial score (nSPS) is 13.4. The van der Waals surface area contributed by atoms with Gasteiger partial charge in [-0.2, -0.15) is 0 Å². The van der Waals surface area contributed by atoms with Crippen LogP contribution in [0.3, 0.4) is 0 Å². The van der Waals surface area contributed by atoms with E-state index in [9.17, 15) is 9.59 Å². The number of carboxylic acid groups (broad SMARTS) is 1. The van der Waals surface area contributed by atoms with Gasteiger partial charge in [0.1, 0.15) is 11.8 Å². The highest BCUT2D eigenvalue weighted by molar-refractivity contribution is 5.87. The molecular weight excluding hydrogens is 258 g/mol. The molecule has 0 aliphatic heterocycles. The number of ether oxygens (including phenoxy) is 1. The fourth-order valence-corrected chi connectivity index (χ4v) is 1.99. The van der Waals surface area contributed by atoms with Gasteiger partial charge >= 0.3 is 5.97 Å². The molecule has 2 atom stereocenters. The maximum absolute atomic E-state index is 12.4. The summed E-state index contributed by atoms with van der Waals surface area (Å²) in [6.45, 7) is 3.41. The molecule has 0 radical (unpaired) electrons. The Morgan fingerprint density at radius 2 is 1.85 bits per heavy atom. The lowest BCUT2D eigenvalue weighted by Gasteiger charge is -2.26. The van der Waals surface area contributed by atoms with Crippen LogP contribution in [-0.2, 0) is 9.59 Å². The van der Waals surface area contributed by atoms with E-state index in [0.29, 0.717) is 6.42 Å². The Balaban J connectivity index is 2.94. The Bertz CT molecular complexity index is 469. The van der Waals surface area contributed by atoms with Crippen LogP contribution in [0.2, 0.25) is 0 Å². The summed E-state index contributed by atoms with van der Waals surface area (Å²) in [4.78, 5) is 24.7. The van der Waals surface area contributed by atoms with Crippen molar-refractivity contribution in [2.75, 3.05) is 14.2 Å². The van der Waals surface area contributed by atoms with Gasteiger partial charge in [0.05, 0.1) is 13.0 Å². The maximum Gasteiger partial charge on any atom is 0.326 e. The highest BCUT2D eigenvalue weighted by Gasteiger charge is 2.28. The molecular formula is C15H21NO4. The molecule has 0 aliphatic carbocycles. The van der Waals surface area contributed by atoms with Crippen LogP contribution in [0.5, 0.6) is 5.75 Å². The molecule has 1 rings (SSSR count). The fraction of sp³-hybridized carbons (Fsp3) is 0.467. The SMILES string of the molecule is CCC(C(=O)N(C)C(C)C(=O)O)c1ccc(OC)cc1. The van der Waals surface area contributed by atoms with Crippen LogP contribution in [0.4, 0.5) is 0 Å². The minimum absolute atomic E-state index is 0.187. The number of methoxy groups -OCH3 is 1. The molecule has 1 aromatic carbocycles. The van der Waals surface area contributed by atoms with E-state index in [0.717, 1.165) is 11.3 Å². The molecule has 0 spiro atoms. The number of aliphatic carboxylic acids is 1. The molecule has 0 saturated heterocycles. The van der Waals surface area contributed by atoms with E-state index >= 15 is 0 Å². The summed E-state index contributed by atoms with van der Waals surface area (Å²) < 4.78 is 5.09. The van der Waals surface area contributed by atoms with Gasteiger partial charge in [-0.05, 0) is 31.0 Å². The van der Waals surface area contributed by atoms with E-state index in [4.69, 9.17) is 9.84 Å². The lowest BCUT2D eigenvalue weighted by Crippen LogP contribution is -2.42. The fourth-order valence-electron chi connectivity index (χ4n) is 1.99. The van der Waals surface area contributed by atoms with Gasteiger partial charge < -0.3 is 14.7 Å². The lowest BCUT2D eigenvalue weighted by molar-refractivity contribution is -0.148. The van der Waals surface area contributed by atoms with Gasteiger partial charge in [0.2, 0.25) is 5.91 Å². The third kappa shape index (κ3) is 3.50. The van der Waals surface area contributed by atoms with Crippen molar-refractivity contribution in [3.63, 3.8) is 0 Å². The van der Waals surface area contributed by atoms with E-state index in [2.05, 4.69) is 0 Å². The first kappa shape index (κ1) is 16.0. The van der Waals surface area contributed by atoms with Gasteiger partial charge in [-0.25, -0.2) is 4.79 Å². The number of carbonyl (C=O) groups excluding carboxylic acids is 1. The molecule has 0 heterocycles. The van der Waals surface area contributed by atoms with Gasteiger partial charge in [-0.1, -0.05) is 19.1 Å². The number of amides is 1. The number of hydrogen-bond donors (Lipinski definition) is 1. The molecule has 0 bridgehead atoms. The number of carbonyl (C=O) groups is 2. The standard InChI is InChI=1S/C15H21NO4/c1-5-13(11-6-8-12(20-4)9-7-11)14(17)16(3)10(2)15(18)19/h6-10,13H,5H2,1-4H3,(H,18,19). The second kappa shape index (κ2) is 6.93. The molecule has 5 heteroatoms. The van der Waals surface area contributed by atoms with Crippen molar-refractivity contribution in [2.24, 2.45) is 0 Å². The van der Waals surface area contributed by atoms with Crippen LogP contribution in [0, 0.1) is 0 Å². The molecule has 5 nitrogen and oxygen atoms in total. The average molecular weight is 279 g/mol. The minimum atomic E-state index is -1.01. The Hall–Kier alpha value is -2.04. The number of nitrogens with zero attached hydrogens (tertiary/aromatic N) is 1. The average Bonchev–Trinajstić information content (AvgIpc) is 2.46. The van der Waals surface area contributed by atoms with Crippen molar-refractivity contribution in [1.29, 1.82) is 0 Å². The topological polar surface area (TPSA) is 66.8 Å². The zero-order valence-electron chi connectivity index (χ0n) is 12.3. The van der Waals surface area contributed by atoms with Crippen molar-refractivity contribution < 1.29 is 19.4 Å². The van der Waals surface area contributed by atoms with Crippen LogP contribution in [0.25, 0.3) is 0 Å². The van der Waals surface area contributed by atoms with Crippen molar-refractivity contribution in [3.05, 3.63) is 29.8 Å². The van der Waals surface area contributed by atoms with Crippen LogP contribution >= 0.6 is 0 Å². The zero-order chi connectivity index (χ0) is 15.3. The molecule has 110 valence electrons. The van der Waals surface area contributed by atoms with Gasteiger partial charge in [0.15, 0.2) is 0 Å². The van der Waals surface area contributed by atoms with E-state index < -0.39 is 12.0 Å². The lowest BCUT2D eigenvalue weighted by atomic mass is 9.94. The van der Waals surface area contributed by atoms with Crippen LogP contribution in [0.1, 0.15) is 31.7 Å². The first-order chi connectivity index (χ1) is 9.42. The third-order valence-corrected chi connectivity index (χ3v) is 3.51. The Labute approximate surface area is 119 Å². The Morgan fingerprint density at radius 1 is 1.30 bits per heavy atom. The van der Waals surface area contributed by atoms with Gasteiger partial charge in [-0.15, -0.1) is 0 Å². The molecule has 1 N–H and O–H groups in total. The summed E-state index contributed by atoms with van der Waals surface area (Å²) in [6, 6.07) is 6.43.